The minimum absolute atomic E-state index is 0.375. The number of hydrogen-bond acceptors (Lipinski definition) is 5. The molecule has 2 N–H and O–H groups in total. The van der Waals surface area contributed by atoms with Crippen LogP contribution in [0.25, 0.3) is 0 Å². The van der Waals surface area contributed by atoms with Crippen molar-refractivity contribution in [2.24, 2.45) is 0 Å². The van der Waals surface area contributed by atoms with Crippen LogP contribution in [0.5, 0.6) is 0 Å². The van der Waals surface area contributed by atoms with Crippen LogP contribution in [-0.4, -0.2) is 28.3 Å². The van der Waals surface area contributed by atoms with E-state index in [9.17, 15) is 0 Å². The Morgan fingerprint density at radius 3 is 2.55 bits per heavy atom. The van der Waals surface area contributed by atoms with Gasteiger partial charge in [0.25, 0.3) is 0 Å². The molecule has 0 unspecified atom stereocenters. The first kappa shape index (κ1) is 13.1. The number of aromatic amines is 1. The van der Waals surface area contributed by atoms with Crippen molar-refractivity contribution in [3.63, 3.8) is 0 Å². The monoisotopic (exact) mass is 287 g/mol. The summed E-state index contributed by atoms with van der Waals surface area (Å²) < 4.78 is 0.375. The number of hydrogen-bond donors (Lipinski definition) is 2. The predicted octanol–water partition coefficient (Wildman–Crippen LogP) is 3.27. The van der Waals surface area contributed by atoms with E-state index in [2.05, 4.69) is 49.7 Å². The van der Waals surface area contributed by atoms with E-state index in [1.165, 1.54) is 24.9 Å². The third-order valence-corrected chi connectivity index (χ3v) is 3.61. The van der Waals surface area contributed by atoms with Gasteiger partial charge in [-0.2, -0.15) is 10.1 Å². The lowest BCUT2D eigenvalue weighted by Crippen LogP contribution is -2.29. The third-order valence-electron chi connectivity index (χ3n) is 3.43. The fourth-order valence-corrected chi connectivity index (χ4v) is 2.58. The molecule has 2 aromatic rings. The summed E-state index contributed by atoms with van der Waals surface area (Å²) in [6, 6.07) is 8.41. The average Bonchev–Trinajstić information content (AvgIpc) is 2.49. The smallest absolute Gasteiger partial charge is 0.215 e. The summed E-state index contributed by atoms with van der Waals surface area (Å²) in [7, 11) is 0. The Labute approximate surface area is 123 Å². The molecule has 1 aromatic heterocycles. The first-order chi connectivity index (χ1) is 9.81. The van der Waals surface area contributed by atoms with Crippen LogP contribution in [0.2, 0.25) is 0 Å². The molecule has 1 aliphatic heterocycles. The zero-order chi connectivity index (χ0) is 13.8. The van der Waals surface area contributed by atoms with E-state index in [1.54, 1.807) is 6.20 Å². The van der Waals surface area contributed by atoms with Gasteiger partial charge in [0, 0.05) is 24.5 Å². The van der Waals surface area contributed by atoms with Gasteiger partial charge in [0.1, 0.15) is 0 Å². The number of rotatable bonds is 3. The molecular formula is C14H17N5S. The van der Waals surface area contributed by atoms with Crippen molar-refractivity contribution >= 4 is 29.4 Å². The Hall–Kier alpha value is -1.95. The van der Waals surface area contributed by atoms with Crippen LogP contribution >= 0.6 is 12.2 Å². The summed E-state index contributed by atoms with van der Waals surface area (Å²) in [6.45, 7) is 2.32. The number of aromatic nitrogens is 3. The standard InChI is InChI=1S/C14H17N5S/c20-14-17-13(10-15-18-14)16-11-4-6-12(7-5-11)19-8-2-1-3-9-19/h4-7,10H,1-3,8-9H2,(H2,16,17,18,20). The lowest BCUT2D eigenvalue weighted by atomic mass is 10.1. The molecular weight excluding hydrogens is 270 g/mol. The van der Waals surface area contributed by atoms with Crippen molar-refractivity contribution in [3.8, 4) is 0 Å². The van der Waals surface area contributed by atoms with Gasteiger partial charge in [-0.3, -0.25) is 5.10 Å². The maximum Gasteiger partial charge on any atom is 0.215 e. The van der Waals surface area contributed by atoms with Gasteiger partial charge in [0.15, 0.2) is 5.82 Å². The van der Waals surface area contributed by atoms with E-state index >= 15 is 0 Å². The number of benzene rings is 1. The second-order valence-electron chi connectivity index (χ2n) is 4.89. The zero-order valence-corrected chi connectivity index (χ0v) is 12.0. The Morgan fingerprint density at radius 2 is 1.85 bits per heavy atom. The Kier molecular flexibility index (Phi) is 3.92. The van der Waals surface area contributed by atoms with Gasteiger partial charge in [-0.05, 0) is 55.7 Å². The predicted molar refractivity (Wildman–Crippen MR) is 83.0 cm³/mol. The number of anilines is 3. The van der Waals surface area contributed by atoms with Crippen LogP contribution in [0.15, 0.2) is 30.5 Å². The lowest BCUT2D eigenvalue weighted by molar-refractivity contribution is 0.578. The minimum Gasteiger partial charge on any atom is -0.372 e. The van der Waals surface area contributed by atoms with Gasteiger partial charge < -0.3 is 10.2 Å². The van der Waals surface area contributed by atoms with Crippen molar-refractivity contribution in [2.45, 2.75) is 19.3 Å². The molecule has 5 nitrogen and oxygen atoms in total. The van der Waals surface area contributed by atoms with Gasteiger partial charge in [0.2, 0.25) is 4.77 Å². The minimum atomic E-state index is 0.375. The van der Waals surface area contributed by atoms with Crippen molar-refractivity contribution in [1.29, 1.82) is 0 Å². The molecule has 1 saturated heterocycles. The summed E-state index contributed by atoms with van der Waals surface area (Å²) in [5, 5.41) is 9.72. The van der Waals surface area contributed by atoms with E-state index < -0.39 is 0 Å². The molecule has 0 radical (unpaired) electrons. The van der Waals surface area contributed by atoms with Crippen molar-refractivity contribution in [1.82, 2.24) is 15.2 Å². The summed E-state index contributed by atoms with van der Waals surface area (Å²) in [4.78, 5) is 6.59. The highest BCUT2D eigenvalue weighted by Crippen LogP contribution is 2.22. The number of H-pyrrole nitrogens is 1. The Morgan fingerprint density at radius 1 is 1.10 bits per heavy atom. The van der Waals surface area contributed by atoms with Gasteiger partial charge in [-0.15, -0.1) is 0 Å². The largest absolute Gasteiger partial charge is 0.372 e. The van der Waals surface area contributed by atoms with E-state index in [4.69, 9.17) is 12.2 Å². The van der Waals surface area contributed by atoms with Gasteiger partial charge >= 0.3 is 0 Å². The van der Waals surface area contributed by atoms with Crippen LogP contribution in [0, 0.1) is 4.77 Å². The van der Waals surface area contributed by atoms with Crippen LogP contribution in [-0.2, 0) is 0 Å². The summed E-state index contributed by atoms with van der Waals surface area (Å²) in [5.74, 6) is 0.652. The number of nitrogens with one attached hydrogen (secondary N) is 2. The third kappa shape index (κ3) is 3.14. The topological polar surface area (TPSA) is 56.8 Å². The van der Waals surface area contributed by atoms with Gasteiger partial charge in [0.05, 0.1) is 6.20 Å². The van der Waals surface area contributed by atoms with Crippen LogP contribution < -0.4 is 10.2 Å². The highest BCUT2D eigenvalue weighted by Gasteiger charge is 2.10. The molecule has 20 heavy (non-hydrogen) atoms. The van der Waals surface area contributed by atoms with E-state index in [1.807, 2.05) is 0 Å². The SMILES string of the molecule is S=c1nc(Nc2ccc(N3CCCCC3)cc2)cn[nH]1. The van der Waals surface area contributed by atoms with E-state index in [0.717, 1.165) is 18.8 Å². The lowest BCUT2D eigenvalue weighted by Gasteiger charge is -2.28. The Bertz CT molecular complexity index is 616. The maximum atomic E-state index is 4.95. The first-order valence-corrected chi connectivity index (χ1v) is 7.26. The van der Waals surface area contributed by atoms with Crippen molar-refractivity contribution < 1.29 is 0 Å². The van der Waals surface area contributed by atoms with Crippen LogP contribution in [0.1, 0.15) is 19.3 Å². The highest BCUT2D eigenvalue weighted by atomic mass is 32.1. The molecule has 1 aliphatic rings. The van der Waals surface area contributed by atoms with E-state index in [-0.39, 0.29) is 0 Å². The summed E-state index contributed by atoms with van der Waals surface area (Å²) >= 11 is 4.95. The molecule has 3 rings (SSSR count). The quantitative estimate of drug-likeness (QED) is 0.849. The number of piperidine rings is 1. The van der Waals surface area contributed by atoms with Crippen LogP contribution in [0.4, 0.5) is 17.2 Å². The molecule has 0 spiro atoms. The molecule has 104 valence electrons. The maximum absolute atomic E-state index is 4.95. The van der Waals surface area contributed by atoms with E-state index in [0.29, 0.717) is 10.6 Å². The van der Waals surface area contributed by atoms with Crippen molar-refractivity contribution in [2.75, 3.05) is 23.3 Å². The summed E-state index contributed by atoms with van der Waals surface area (Å²) in [5.41, 5.74) is 2.27. The molecule has 2 heterocycles. The fraction of sp³-hybridized carbons (Fsp3) is 0.357. The number of nitrogens with zero attached hydrogens (tertiary/aromatic N) is 3. The van der Waals surface area contributed by atoms with Crippen LogP contribution in [0.3, 0.4) is 0 Å². The van der Waals surface area contributed by atoms with Gasteiger partial charge in [-0.1, -0.05) is 0 Å². The average molecular weight is 287 g/mol. The first-order valence-electron chi connectivity index (χ1n) is 6.85. The second-order valence-corrected chi connectivity index (χ2v) is 5.28. The molecule has 1 aromatic carbocycles. The Balaban J connectivity index is 1.71. The zero-order valence-electron chi connectivity index (χ0n) is 11.2. The molecule has 0 bridgehead atoms. The fourth-order valence-electron chi connectivity index (χ4n) is 2.43. The summed E-state index contributed by atoms with van der Waals surface area (Å²) in [6.07, 6.45) is 5.55. The highest BCUT2D eigenvalue weighted by molar-refractivity contribution is 7.71. The van der Waals surface area contributed by atoms with Crippen molar-refractivity contribution in [3.05, 3.63) is 35.2 Å². The molecule has 6 heteroatoms. The molecule has 0 saturated carbocycles. The molecule has 1 fully saturated rings. The second kappa shape index (κ2) is 6.00. The molecule has 0 amide bonds. The van der Waals surface area contributed by atoms with Gasteiger partial charge in [-0.25, -0.2) is 0 Å². The normalized spacial score (nSPS) is 15.1. The molecule has 0 aliphatic carbocycles. The molecule has 0 atom stereocenters.